The van der Waals surface area contributed by atoms with Gasteiger partial charge in [0.1, 0.15) is 11.6 Å². The summed E-state index contributed by atoms with van der Waals surface area (Å²) in [5, 5.41) is 16.5. The molecule has 1 atom stereocenters. The standard InChI is InChI=1S/C27H16F7N5O2/c28-20-13-19(26(29,30)31)17(23-35-9-4-10-36-23)12-18(20)25(41)37-24-16-8-7-14(22(40)27(32,33)34)11-21(16)38-39(24)15-5-2-1-3-6-15/h1-13,22,40H,(H,37,41). The summed E-state index contributed by atoms with van der Waals surface area (Å²) in [5.41, 5.74) is -3.04. The van der Waals surface area contributed by atoms with Crippen LogP contribution in [0.15, 0.2) is 79.1 Å². The van der Waals surface area contributed by atoms with Crippen molar-refractivity contribution in [1.82, 2.24) is 19.7 Å². The number of halogens is 7. The molecule has 41 heavy (non-hydrogen) atoms. The summed E-state index contributed by atoms with van der Waals surface area (Å²) in [6.45, 7) is 0. The summed E-state index contributed by atoms with van der Waals surface area (Å²) in [5.74, 6) is -3.17. The highest BCUT2D eigenvalue weighted by atomic mass is 19.4. The molecule has 0 aliphatic heterocycles. The molecule has 0 saturated carbocycles. The summed E-state index contributed by atoms with van der Waals surface area (Å²) < 4.78 is 96.5. The molecule has 0 radical (unpaired) electrons. The van der Waals surface area contributed by atoms with Crippen molar-refractivity contribution in [2.75, 3.05) is 5.32 Å². The van der Waals surface area contributed by atoms with E-state index in [-0.39, 0.29) is 22.8 Å². The van der Waals surface area contributed by atoms with Crippen molar-refractivity contribution < 1.29 is 40.6 Å². The van der Waals surface area contributed by atoms with Crippen molar-refractivity contribution in [1.29, 1.82) is 0 Å². The lowest BCUT2D eigenvalue weighted by molar-refractivity contribution is -0.206. The number of hydrogen-bond acceptors (Lipinski definition) is 5. The van der Waals surface area contributed by atoms with Gasteiger partial charge in [0, 0.05) is 23.3 Å². The van der Waals surface area contributed by atoms with Crippen LogP contribution >= 0.6 is 0 Å². The minimum Gasteiger partial charge on any atom is -0.379 e. The number of fused-ring (bicyclic) bond motifs is 1. The number of aromatic nitrogens is 4. The van der Waals surface area contributed by atoms with Gasteiger partial charge in [0.25, 0.3) is 5.91 Å². The van der Waals surface area contributed by atoms with Crippen molar-refractivity contribution in [2.24, 2.45) is 0 Å². The van der Waals surface area contributed by atoms with Gasteiger partial charge >= 0.3 is 12.4 Å². The van der Waals surface area contributed by atoms with Crippen LogP contribution in [0, 0.1) is 5.82 Å². The number of aliphatic hydroxyl groups is 1. The average molecular weight is 575 g/mol. The van der Waals surface area contributed by atoms with Crippen LogP contribution in [0.1, 0.15) is 27.6 Å². The van der Waals surface area contributed by atoms with Crippen molar-refractivity contribution in [3.05, 3.63) is 102 Å². The number of hydrogen-bond donors (Lipinski definition) is 2. The number of para-hydroxylation sites is 1. The molecule has 0 aliphatic carbocycles. The Morgan fingerprint density at radius 1 is 0.902 bits per heavy atom. The van der Waals surface area contributed by atoms with E-state index >= 15 is 0 Å². The van der Waals surface area contributed by atoms with Crippen LogP contribution in [0.25, 0.3) is 28.0 Å². The smallest absolute Gasteiger partial charge is 0.379 e. The van der Waals surface area contributed by atoms with Gasteiger partial charge in [-0.25, -0.2) is 19.0 Å². The molecule has 3 aromatic carbocycles. The molecule has 0 spiro atoms. The van der Waals surface area contributed by atoms with Crippen molar-refractivity contribution in [2.45, 2.75) is 18.5 Å². The molecule has 1 unspecified atom stereocenters. The number of benzene rings is 3. The largest absolute Gasteiger partial charge is 0.418 e. The van der Waals surface area contributed by atoms with Crippen LogP contribution in [0.2, 0.25) is 0 Å². The number of alkyl halides is 6. The van der Waals surface area contributed by atoms with E-state index in [2.05, 4.69) is 20.4 Å². The third-order valence-corrected chi connectivity index (χ3v) is 6.02. The van der Waals surface area contributed by atoms with E-state index in [9.17, 15) is 40.6 Å². The van der Waals surface area contributed by atoms with Crippen LogP contribution in [0.4, 0.5) is 36.6 Å². The van der Waals surface area contributed by atoms with Gasteiger partial charge < -0.3 is 10.4 Å². The number of nitrogens with zero attached hydrogens (tertiary/aromatic N) is 4. The maximum Gasteiger partial charge on any atom is 0.418 e. The number of rotatable bonds is 5. The van der Waals surface area contributed by atoms with Crippen LogP contribution in [0.5, 0.6) is 0 Å². The van der Waals surface area contributed by atoms with Crippen LogP contribution in [-0.4, -0.2) is 36.9 Å². The van der Waals surface area contributed by atoms with E-state index in [0.717, 1.165) is 16.8 Å². The molecule has 0 bridgehead atoms. The fourth-order valence-corrected chi connectivity index (χ4v) is 4.12. The van der Waals surface area contributed by atoms with Gasteiger partial charge in [-0.3, -0.25) is 4.79 Å². The van der Waals surface area contributed by atoms with E-state index in [4.69, 9.17) is 0 Å². The third-order valence-electron chi connectivity index (χ3n) is 6.02. The van der Waals surface area contributed by atoms with Crippen molar-refractivity contribution in [3.8, 4) is 17.1 Å². The molecule has 2 aromatic heterocycles. The lowest BCUT2D eigenvalue weighted by Crippen LogP contribution is -2.20. The summed E-state index contributed by atoms with van der Waals surface area (Å²) in [4.78, 5) is 20.9. The van der Waals surface area contributed by atoms with Gasteiger partial charge in [0.05, 0.1) is 22.3 Å². The maximum absolute atomic E-state index is 15.0. The summed E-state index contributed by atoms with van der Waals surface area (Å²) in [6.07, 6.45) is -10.4. The first kappa shape index (κ1) is 27.7. The van der Waals surface area contributed by atoms with E-state index < -0.39 is 58.3 Å². The molecule has 14 heteroatoms. The molecule has 0 saturated heterocycles. The Kier molecular flexibility index (Phi) is 6.95. The highest BCUT2D eigenvalue weighted by Crippen LogP contribution is 2.38. The summed E-state index contributed by atoms with van der Waals surface area (Å²) >= 11 is 0. The molecule has 1 amide bonds. The zero-order valence-electron chi connectivity index (χ0n) is 20.4. The number of anilines is 1. The molecule has 5 aromatic rings. The molecular formula is C27H16F7N5O2. The van der Waals surface area contributed by atoms with E-state index in [1.807, 2.05) is 0 Å². The lowest BCUT2D eigenvalue weighted by atomic mass is 10.0. The second kappa shape index (κ2) is 10.3. The Morgan fingerprint density at radius 3 is 2.22 bits per heavy atom. The highest BCUT2D eigenvalue weighted by Gasteiger charge is 2.40. The molecule has 2 heterocycles. The topological polar surface area (TPSA) is 92.9 Å². The van der Waals surface area contributed by atoms with Crippen molar-refractivity contribution in [3.63, 3.8) is 0 Å². The predicted octanol–water partition coefficient (Wildman–Crippen LogP) is 6.49. The second-order valence-corrected chi connectivity index (χ2v) is 8.72. The summed E-state index contributed by atoms with van der Waals surface area (Å²) in [6, 6.07) is 13.4. The Balaban J connectivity index is 1.63. The zero-order valence-corrected chi connectivity index (χ0v) is 20.4. The molecule has 5 rings (SSSR count). The Labute approximate surface area is 225 Å². The molecule has 0 aliphatic rings. The molecule has 210 valence electrons. The first-order valence-electron chi connectivity index (χ1n) is 11.7. The van der Waals surface area contributed by atoms with Gasteiger partial charge in [-0.05, 0) is 48.0 Å². The molecular weight excluding hydrogens is 559 g/mol. The monoisotopic (exact) mass is 575 g/mol. The molecule has 0 fully saturated rings. The van der Waals surface area contributed by atoms with Crippen LogP contribution in [0.3, 0.4) is 0 Å². The number of nitrogens with one attached hydrogen (secondary N) is 1. The quantitative estimate of drug-likeness (QED) is 0.234. The number of aliphatic hydroxyl groups excluding tert-OH is 1. The number of carbonyl (C=O) groups is 1. The van der Waals surface area contributed by atoms with E-state index in [1.54, 1.807) is 30.3 Å². The molecule has 7 nitrogen and oxygen atoms in total. The maximum atomic E-state index is 15.0. The number of amides is 1. The number of carbonyl (C=O) groups excluding carboxylic acids is 1. The van der Waals surface area contributed by atoms with E-state index in [1.165, 1.54) is 24.5 Å². The van der Waals surface area contributed by atoms with Gasteiger partial charge in [-0.15, -0.1) is 0 Å². The van der Waals surface area contributed by atoms with Gasteiger partial charge in [-0.1, -0.05) is 24.3 Å². The Morgan fingerprint density at radius 2 is 1.59 bits per heavy atom. The summed E-state index contributed by atoms with van der Waals surface area (Å²) in [7, 11) is 0. The first-order valence-corrected chi connectivity index (χ1v) is 11.7. The fraction of sp³-hybridized carbons (Fsp3) is 0.111. The Bertz CT molecular complexity index is 1740. The SMILES string of the molecule is O=C(Nc1c2ccc(C(O)C(F)(F)F)cc2nn1-c1ccccc1)c1cc(-c2ncccn2)c(C(F)(F)F)cc1F. The van der Waals surface area contributed by atoms with Gasteiger partial charge in [0.15, 0.2) is 11.9 Å². The van der Waals surface area contributed by atoms with Gasteiger partial charge in [0.2, 0.25) is 0 Å². The van der Waals surface area contributed by atoms with Gasteiger partial charge in [-0.2, -0.15) is 31.4 Å². The van der Waals surface area contributed by atoms with E-state index in [0.29, 0.717) is 11.8 Å². The normalized spacial score (nSPS) is 12.9. The average Bonchev–Trinajstić information content (AvgIpc) is 3.29. The lowest BCUT2D eigenvalue weighted by Gasteiger charge is -2.15. The third kappa shape index (κ3) is 5.45. The fourth-order valence-electron chi connectivity index (χ4n) is 4.12. The predicted molar refractivity (Wildman–Crippen MR) is 132 cm³/mol. The molecule has 2 N–H and O–H groups in total. The van der Waals surface area contributed by atoms with Crippen LogP contribution in [-0.2, 0) is 6.18 Å². The minimum atomic E-state index is -4.99. The highest BCUT2D eigenvalue weighted by molar-refractivity contribution is 6.09. The second-order valence-electron chi connectivity index (χ2n) is 8.72. The zero-order chi connectivity index (χ0) is 29.5. The van der Waals surface area contributed by atoms with Crippen molar-refractivity contribution >= 4 is 22.6 Å². The Hall–Kier alpha value is -4.85. The van der Waals surface area contributed by atoms with Crippen LogP contribution < -0.4 is 5.32 Å². The first-order chi connectivity index (χ1) is 19.3. The minimum absolute atomic E-state index is 0.0591.